The molecule has 2 heterocycles. The van der Waals surface area contributed by atoms with Crippen molar-refractivity contribution in [3.8, 4) is 11.5 Å². The second kappa shape index (κ2) is 9.63. The zero-order valence-corrected chi connectivity index (χ0v) is 20.4. The number of fused-ring (bicyclic) bond motifs is 1. The number of anilines is 2. The van der Waals surface area contributed by atoms with Crippen LogP contribution in [0.5, 0.6) is 11.5 Å². The van der Waals surface area contributed by atoms with Gasteiger partial charge >= 0.3 is 0 Å². The van der Waals surface area contributed by atoms with Gasteiger partial charge in [0.25, 0.3) is 5.91 Å². The third kappa shape index (κ3) is 4.74. The van der Waals surface area contributed by atoms with Crippen molar-refractivity contribution in [3.05, 3.63) is 42.0 Å². The summed E-state index contributed by atoms with van der Waals surface area (Å²) in [6.45, 7) is 4.44. The zero-order valence-electron chi connectivity index (χ0n) is 19.5. The summed E-state index contributed by atoms with van der Waals surface area (Å²) in [5.41, 5.74) is 1.68. The van der Waals surface area contributed by atoms with Gasteiger partial charge in [-0.15, -0.1) is 0 Å². The van der Waals surface area contributed by atoms with Gasteiger partial charge in [-0.05, 0) is 62.6 Å². The van der Waals surface area contributed by atoms with Gasteiger partial charge in [0.05, 0.1) is 23.1 Å². The van der Waals surface area contributed by atoms with E-state index in [0.29, 0.717) is 43.0 Å². The summed E-state index contributed by atoms with van der Waals surface area (Å²) in [5, 5.41) is 2.69. The Morgan fingerprint density at radius 2 is 2.00 bits per heavy atom. The lowest BCUT2D eigenvalue weighted by Crippen LogP contribution is -2.46. The molecule has 2 aliphatic heterocycles. The summed E-state index contributed by atoms with van der Waals surface area (Å²) in [7, 11) is -2.16. The van der Waals surface area contributed by atoms with Gasteiger partial charge in [0, 0.05) is 31.9 Å². The zero-order chi connectivity index (χ0) is 24.5. The SMILES string of the molecule is CCOc1ccc(N(C)C(=O)C2CCCN(S(=O)(=O)c3cc4c(cc3C)NC(=O)CO4)C2)cc1. The highest BCUT2D eigenvalue weighted by Crippen LogP contribution is 2.35. The highest BCUT2D eigenvalue weighted by Gasteiger charge is 2.36. The number of carbonyl (C=O) groups excluding carboxylic acids is 2. The molecule has 2 aromatic rings. The highest BCUT2D eigenvalue weighted by molar-refractivity contribution is 7.89. The maximum absolute atomic E-state index is 13.5. The van der Waals surface area contributed by atoms with Gasteiger partial charge in [-0.3, -0.25) is 9.59 Å². The minimum absolute atomic E-state index is 0.108. The van der Waals surface area contributed by atoms with Gasteiger partial charge in [0.2, 0.25) is 15.9 Å². The van der Waals surface area contributed by atoms with E-state index in [2.05, 4.69) is 5.32 Å². The van der Waals surface area contributed by atoms with Crippen LogP contribution in [0, 0.1) is 12.8 Å². The van der Waals surface area contributed by atoms with Gasteiger partial charge in [-0.1, -0.05) is 0 Å². The van der Waals surface area contributed by atoms with Crippen molar-refractivity contribution in [1.29, 1.82) is 0 Å². The van der Waals surface area contributed by atoms with Gasteiger partial charge < -0.3 is 19.7 Å². The van der Waals surface area contributed by atoms with E-state index in [1.807, 2.05) is 31.2 Å². The predicted octanol–water partition coefficient (Wildman–Crippen LogP) is 2.79. The number of piperidine rings is 1. The number of rotatable bonds is 6. The van der Waals surface area contributed by atoms with E-state index in [0.717, 1.165) is 11.4 Å². The Bertz CT molecular complexity index is 1200. The van der Waals surface area contributed by atoms with Crippen LogP contribution in [0.3, 0.4) is 0 Å². The minimum atomic E-state index is -3.86. The van der Waals surface area contributed by atoms with E-state index in [4.69, 9.17) is 9.47 Å². The number of nitrogens with zero attached hydrogens (tertiary/aromatic N) is 2. The third-order valence-electron chi connectivity index (χ3n) is 6.13. The molecule has 0 saturated carbocycles. The predicted molar refractivity (Wildman–Crippen MR) is 128 cm³/mol. The molecule has 2 aliphatic rings. The largest absolute Gasteiger partial charge is 0.494 e. The van der Waals surface area contributed by atoms with Crippen molar-refractivity contribution in [2.45, 2.75) is 31.6 Å². The maximum Gasteiger partial charge on any atom is 0.262 e. The highest BCUT2D eigenvalue weighted by atomic mass is 32.2. The Morgan fingerprint density at radius 1 is 1.26 bits per heavy atom. The van der Waals surface area contributed by atoms with Gasteiger partial charge in [-0.25, -0.2) is 8.42 Å². The van der Waals surface area contributed by atoms with E-state index in [9.17, 15) is 18.0 Å². The third-order valence-corrected chi connectivity index (χ3v) is 8.13. The molecule has 10 heteroatoms. The summed E-state index contributed by atoms with van der Waals surface area (Å²) in [6.07, 6.45) is 1.20. The topological polar surface area (TPSA) is 105 Å². The Kier molecular flexibility index (Phi) is 6.81. The van der Waals surface area contributed by atoms with Crippen molar-refractivity contribution in [1.82, 2.24) is 4.31 Å². The molecule has 2 amide bonds. The number of nitrogens with one attached hydrogen (secondary N) is 1. The van der Waals surface area contributed by atoms with Crippen LogP contribution in [0.2, 0.25) is 0 Å². The van der Waals surface area contributed by atoms with Gasteiger partial charge in [-0.2, -0.15) is 4.31 Å². The molecule has 0 radical (unpaired) electrons. The number of hydrogen-bond donors (Lipinski definition) is 1. The van der Waals surface area contributed by atoms with Crippen LogP contribution in [0.25, 0.3) is 0 Å². The Labute approximate surface area is 199 Å². The minimum Gasteiger partial charge on any atom is -0.494 e. The molecule has 1 unspecified atom stereocenters. The lowest BCUT2D eigenvalue weighted by molar-refractivity contribution is -0.123. The first kappa shape index (κ1) is 24.0. The van der Waals surface area contributed by atoms with Gasteiger partial charge in [0.15, 0.2) is 6.61 Å². The molecule has 4 rings (SSSR count). The normalized spacial score (nSPS) is 18.4. The molecule has 2 aromatic carbocycles. The Balaban J connectivity index is 1.52. The van der Waals surface area contributed by atoms with Crippen molar-refractivity contribution in [3.63, 3.8) is 0 Å². The number of carbonyl (C=O) groups is 2. The number of ether oxygens (including phenoxy) is 2. The summed E-state index contributed by atoms with van der Waals surface area (Å²) in [6, 6.07) is 10.3. The number of benzene rings is 2. The van der Waals surface area contributed by atoms with Crippen LogP contribution in [0.15, 0.2) is 41.3 Å². The summed E-state index contributed by atoms with van der Waals surface area (Å²) >= 11 is 0. The number of amides is 2. The molecule has 0 spiro atoms. The fourth-order valence-corrected chi connectivity index (χ4v) is 6.07. The molecule has 9 nitrogen and oxygen atoms in total. The fourth-order valence-electron chi connectivity index (χ4n) is 4.33. The van der Waals surface area contributed by atoms with Crippen molar-refractivity contribution < 1.29 is 27.5 Å². The molecule has 1 saturated heterocycles. The Hall–Kier alpha value is -3.11. The van der Waals surface area contributed by atoms with Crippen LogP contribution in [-0.2, 0) is 19.6 Å². The van der Waals surface area contributed by atoms with Gasteiger partial charge in [0.1, 0.15) is 11.5 Å². The molecule has 0 bridgehead atoms. The first-order valence-electron chi connectivity index (χ1n) is 11.3. The van der Waals surface area contributed by atoms with Crippen LogP contribution in [-0.4, -0.2) is 57.9 Å². The molecule has 182 valence electrons. The smallest absolute Gasteiger partial charge is 0.262 e. The number of sulfonamides is 1. The monoisotopic (exact) mass is 487 g/mol. The lowest BCUT2D eigenvalue weighted by atomic mass is 9.98. The first-order chi connectivity index (χ1) is 16.2. The average molecular weight is 488 g/mol. The second-order valence-electron chi connectivity index (χ2n) is 8.48. The molecule has 1 N–H and O–H groups in total. The van der Waals surface area contributed by atoms with E-state index in [1.54, 1.807) is 24.9 Å². The fraction of sp³-hybridized carbons (Fsp3) is 0.417. The van der Waals surface area contributed by atoms with E-state index in [1.165, 1.54) is 10.4 Å². The quantitative estimate of drug-likeness (QED) is 0.672. The van der Waals surface area contributed by atoms with Crippen molar-refractivity contribution in [2.75, 3.05) is 43.6 Å². The standard InChI is InChI=1S/C24H29N3O6S/c1-4-32-19-9-7-18(8-10-19)26(3)24(29)17-6-5-11-27(14-17)34(30,31)22-13-21-20(12-16(22)2)25-23(28)15-33-21/h7-10,12-13,17H,4-6,11,14-15H2,1-3H3,(H,25,28). The van der Waals surface area contributed by atoms with Crippen LogP contribution < -0.4 is 19.7 Å². The average Bonchev–Trinajstić information content (AvgIpc) is 2.83. The van der Waals surface area contributed by atoms with Crippen LogP contribution in [0.4, 0.5) is 11.4 Å². The molecule has 0 aliphatic carbocycles. The van der Waals surface area contributed by atoms with Crippen LogP contribution in [0.1, 0.15) is 25.3 Å². The van der Waals surface area contributed by atoms with Crippen molar-refractivity contribution in [2.24, 2.45) is 5.92 Å². The molecule has 34 heavy (non-hydrogen) atoms. The molecular formula is C24H29N3O6S. The maximum atomic E-state index is 13.5. The second-order valence-corrected chi connectivity index (χ2v) is 10.4. The molecule has 0 aromatic heterocycles. The first-order valence-corrected chi connectivity index (χ1v) is 12.7. The Morgan fingerprint density at radius 3 is 2.71 bits per heavy atom. The van der Waals surface area contributed by atoms with E-state index < -0.39 is 15.9 Å². The number of hydrogen-bond acceptors (Lipinski definition) is 6. The number of aryl methyl sites for hydroxylation is 1. The van der Waals surface area contributed by atoms with Crippen LogP contribution >= 0.6 is 0 Å². The summed E-state index contributed by atoms with van der Waals surface area (Å²) in [4.78, 5) is 26.5. The van der Waals surface area contributed by atoms with Crippen molar-refractivity contribution >= 4 is 33.2 Å². The molecule has 1 atom stereocenters. The summed E-state index contributed by atoms with van der Waals surface area (Å²) < 4.78 is 39.3. The summed E-state index contributed by atoms with van der Waals surface area (Å²) in [5.74, 6) is 0.192. The van der Waals surface area contributed by atoms with E-state index >= 15 is 0 Å². The van der Waals surface area contributed by atoms with E-state index in [-0.39, 0.29) is 29.9 Å². The molecular weight excluding hydrogens is 458 g/mol. The molecule has 1 fully saturated rings. The lowest BCUT2D eigenvalue weighted by Gasteiger charge is -2.33.